The highest BCUT2D eigenvalue weighted by atomic mass is 35.5. The van der Waals surface area contributed by atoms with E-state index in [-0.39, 0.29) is 59.8 Å². The largest absolute Gasteiger partial charge is 0.444 e. The highest BCUT2D eigenvalue weighted by Crippen LogP contribution is 2.48. The number of rotatable bonds is 2. The number of halogens is 2. The zero-order valence-electron chi connectivity index (χ0n) is 20.9. The summed E-state index contributed by atoms with van der Waals surface area (Å²) in [7, 11) is 0. The number of benzene rings is 1. The van der Waals surface area contributed by atoms with Crippen molar-refractivity contribution in [3.63, 3.8) is 0 Å². The average molecular weight is 521 g/mol. The second-order valence-corrected chi connectivity index (χ2v) is 11.3. The van der Waals surface area contributed by atoms with Gasteiger partial charge in [-0.1, -0.05) is 31.5 Å². The molecule has 0 bridgehead atoms. The molecule has 2 aromatic rings. The van der Waals surface area contributed by atoms with Crippen LogP contribution in [0.1, 0.15) is 53.0 Å². The Balaban J connectivity index is 1.71. The van der Waals surface area contributed by atoms with Crippen molar-refractivity contribution >= 4 is 46.2 Å². The standard InChI is InChI=1S/C25H30ClFN4O5/c1-23(2,3)36-22(34)30-11-9-25(35,24(4,5)13-30)15-6-7-16-14(19(15)27)12-17(20(26)28-16)31-10-8-18(32)29-21(31)33/h6-7,12,35H,8-11,13H2,1-5H3,(H,29,32,33). The topological polar surface area (TPSA) is 112 Å². The van der Waals surface area contributed by atoms with Gasteiger partial charge in [-0.25, -0.2) is 19.0 Å². The normalized spacial score (nSPS) is 22.6. The van der Waals surface area contributed by atoms with Crippen molar-refractivity contribution in [1.29, 1.82) is 0 Å². The number of aliphatic hydroxyl groups is 1. The van der Waals surface area contributed by atoms with Crippen molar-refractivity contribution < 1.29 is 28.6 Å². The molecule has 1 aromatic heterocycles. The maximum atomic E-state index is 16.0. The van der Waals surface area contributed by atoms with Crippen LogP contribution in [0.15, 0.2) is 18.2 Å². The molecule has 4 amide bonds. The Morgan fingerprint density at radius 3 is 2.56 bits per heavy atom. The fourth-order valence-electron chi connectivity index (χ4n) is 4.78. The molecule has 4 rings (SSSR count). The van der Waals surface area contributed by atoms with Gasteiger partial charge in [-0.2, -0.15) is 0 Å². The molecular weight excluding hydrogens is 491 g/mol. The van der Waals surface area contributed by atoms with Crippen molar-refractivity contribution in [3.8, 4) is 0 Å². The summed E-state index contributed by atoms with van der Waals surface area (Å²) in [4.78, 5) is 43.5. The third kappa shape index (κ3) is 4.59. The Morgan fingerprint density at radius 2 is 1.94 bits per heavy atom. The number of nitrogens with one attached hydrogen (secondary N) is 1. The van der Waals surface area contributed by atoms with Crippen LogP contribution in [-0.4, -0.2) is 58.3 Å². The van der Waals surface area contributed by atoms with E-state index in [0.29, 0.717) is 0 Å². The van der Waals surface area contributed by atoms with Gasteiger partial charge in [0.05, 0.1) is 11.2 Å². The van der Waals surface area contributed by atoms with E-state index in [1.54, 1.807) is 40.7 Å². The van der Waals surface area contributed by atoms with Crippen molar-refractivity contribution in [1.82, 2.24) is 15.2 Å². The quantitative estimate of drug-likeness (QED) is 0.570. The lowest BCUT2D eigenvalue weighted by Crippen LogP contribution is -2.57. The molecule has 36 heavy (non-hydrogen) atoms. The number of amides is 4. The number of fused-ring (bicyclic) bond motifs is 1. The fraction of sp³-hybridized carbons (Fsp3) is 0.520. The van der Waals surface area contributed by atoms with E-state index in [2.05, 4.69) is 10.3 Å². The first-order chi connectivity index (χ1) is 16.6. The van der Waals surface area contributed by atoms with Crippen LogP contribution < -0.4 is 10.2 Å². The molecule has 0 radical (unpaired) electrons. The number of aromatic nitrogens is 1. The molecule has 1 unspecified atom stereocenters. The minimum absolute atomic E-state index is 0.0103. The summed E-state index contributed by atoms with van der Waals surface area (Å²) in [6.45, 7) is 9.29. The van der Waals surface area contributed by atoms with E-state index >= 15 is 4.39 Å². The molecule has 194 valence electrons. The van der Waals surface area contributed by atoms with E-state index in [1.807, 2.05) is 0 Å². The van der Waals surface area contributed by atoms with E-state index in [9.17, 15) is 19.5 Å². The molecular formula is C25H30ClFN4O5. The van der Waals surface area contributed by atoms with Gasteiger partial charge in [0, 0.05) is 42.4 Å². The maximum absolute atomic E-state index is 16.0. The summed E-state index contributed by atoms with van der Waals surface area (Å²) < 4.78 is 21.5. The minimum atomic E-state index is -1.60. The number of imide groups is 1. The highest BCUT2D eigenvalue weighted by molar-refractivity contribution is 6.33. The van der Waals surface area contributed by atoms with E-state index in [0.717, 1.165) is 0 Å². The summed E-state index contributed by atoms with van der Waals surface area (Å²) in [5, 5.41) is 14.1. The molecule has 0 spiro atoms. The predicted molar refractivity (Wildman–Crippen MR) is 132 cm³/mol. The number of ether oxygens (including phenoxy) is 1. The first-order valence-electron chi connectivity index (χ1n) is 11.7. The maximum Gasteiger partial charge on any atom is 0.410 e. The zero-order valence-corrected chi connectivity index (χ0v) is 21.7. The van der Waals surface area contributed by atoms with Crippen LogP contribution in [-0.2, 0) is 15.1 Å². The second-order valence-electron chi connectivity index (χ2n) is 10.9. The summed E-state index contributed by atoms with van der Waals surface area (Å²) in [6.07, 6.45) is -0.324. The lowest BCUT2D eigenvalue weighted by Gasteiger charge is -2.50. The molecule has 2 aliphatic rings. The number of pyridine rings is 1. The number of piperidine rings is 1. The minimum Gasteiger partial charge on any atom is -0.444 e. The van der Waals surface area contributed by atoms with E-state index in [1.165, 1.54) is 21.9 Å². The smallest absolute Gasteiger partial charge is 0.410 e. The van der Waals surface area contributed by atoms with Crippen LogP contribution in [0.2, 0.25) is 5.15 Å². The predicted octanol–water partition coefficient (Wildman–Crippen LogP) is 4.33. The lowest BCUT2D eigenvalue weighted by molar-refractivity contribution is -0.125. The number of likely N-dealkylation sites (tertiary alicyclic amines) is 1. The molecule has 3 heterocycles. The van der Waals surface area contributed by atoms with Gasteiger partial charge in [0.25, 0.3) is 0 Å². The van der Waals surface area contributed by atoms with Gasteiger partial charge in [-0.15, -0.1) is 0 Å². The van der Waals surface area contributed by atoms with Crippen LogP contribution in [0.25, 0.3) is 10.9 Å². The van der Waals surface area contributed by atoms with E-state index < -0.39 is 40.5 Å². The Morgan fingerprint density at radius 1 is 1.25 bits per heavy atom. The fourth-order valence-corrected chi connectivity index (χ4v) is 5.03. The number of carbonyl (C=O) groups excluding carboxylic acids is 3. The Bertz CT molecular complexity index is 1260. The molecule has 11 heteroatoms. The number of carbonyl (C=O) groups is 3. The van der Waals surface area contributed by atoms with Gasteiger partial charge in [-0.05, 0) is 39.3 Å². The molecule has 0 saturated carbocycles. The number of nitrogens with zero attached hydrogens (tertiary/aromatic N) is 3. The molecule has 2 fully saturated rings. The first kappa shape index (κ1) is 26.1. The number of anilines is 1. The Kier molecular flexibility index (Phi) is 6.41. The molecule has 2 saturated heterocycles. The zero-order chi connectivity index (χ0) is 26.6. The molecule has 1 aromatic carbocycles. The Labute approximate surface area is 213 Å². The van der Waals surface area contributed by atoms with Gasteiger partial charge in [0.2, 0.25) is 5.91 Å². The van der Waals surface area contributed by atoms with Crippen LogP contribution in [0, 0.1) is 11.2 Å². The van der Waals surface area contributed by atoms with Gasteiger partial charge in [0.15, 0.2) is 5.15 Å². The lowest BCUT2D eigenvalue weighted by atomic mass is 9.66. The van der Waals surface area contributed by atoms with Gasteiger partial charge < -0.3 is 14.7 Å². The number of urea groups is 1. The average Bonchev–Trinajstić information content (AvgIpc) is 2.75. The highest BCUT2D eigenvalue weighted by Gasteiger charge is 2.51. The van der Waals surface area contributed by atoms with Crippen LogP contribution >= 0.6 is 11.6 Å². The third-order valence-electron chi connectivity index (χ3n) is 6.76. The van der Waals surface area contributed by atoms with Crippen LogP contribution in [0.5, 0.6) is 0 Å². The summed E-state index contributed by atoms with van der Waals surface area (Å²) in [6, 6.07) is 3.79. The third-order valence-corrected chi connectivity index (χ3v) is 7.04. The van der Waals surface area contributed by atoms with E-state index in [4.69, 9.17) is 16.3 Å². The summed E-state index contributed by atoms with van der Waals surface area (Å²) >= 11 is 6.30. The van der Waals surface area contributed by atoms with Crippen molar-refractivity contribution in [2.45, 2.75) is 58.7 Å². The second kappa shape index (κ2) is 8.85. The van der Waals surface area contributed by atoms with Gasteiger partial charge in [0.1, 0.15) is 17.0 Å². The SMILES string of the molecule is CC(C)(C)OC(=O)N1CCC(O)(c2ccc3nc(Cl)c(N4CCC(=O)NC4=O)cc3c2F)C(C)(C)C1. The Hall–Kier alpha value is -2.98. The monoisotopic (exact) mass is 520 g/mol. The first-order valence-corrected chi connectivity index (χ1v) is 12.1. The van der Waals surface area contributed by atoms with Crippen molar-refractivity contribution in [3.05, 3.63) is 34.7 Å². The van der Waals surface area contributed by atoms with Crippen LogP contribution in [0.4, 0.5) is 19.7 Å². The summed E-state index contributed by atoms with van der Waals surface area (Å²) in [5.74, 6) is -1.09. The molecule has 2 aliphatic heterocycles. The van der Waals surface area contributed by atoms with Crippen LogP contribution in [0.3, 0.4) is 0 Å². The van der Waals surface area contributed by atoms with Gasteiger partial charge >= 0.3 is 12.1 Å². The van der Waals surface area contributed by atoms with Gasteiger partial charge in [-0.3, -0.25) is 15.0 Å². The molecule has 1 atom stereocenters. The molecule has 0 aliphatic carbocycles. The summed E-state index contributed by atoms with van der Waals surface area (Å²) in [5.41, 5.74) is -2.70. The van der Waals surface area contributed by atoms with Crippen molar-refractivity contribution in [2.75, 3.05) is 24.5 Å². The van der Waals surface area contributed by atoms with Crippen molar-refractivity contribution in [2.24, 2.45) is 5.41 Å². The molecule has 2 N–H and O–H groups in total. The number of hydrogen-bond acceptors (Lipinski definition) is 6. The molecule has 9 nitrogen and oxygen atoms in total. The number of hydrogen-bond donors (Lipinski definition) is 2.